The number of rotatable bonds is 8. The fourth-order valence-electron chi connectivity index (χ4n) is 1.40. The van der Waals surface area contributed by atoms with Gasteiger partial charge in [0, 0.05) is 19.1 Å². The zero-order valence-corrected chi connectivity index (χ0v) is 10.3. The molecule has 90 valence electrons. The van der Waals surface area contributed by atoms with Crippen molar-refractivity contribution in [2.45, 2.75) is 46.5 Å². The van der Waals surface area contributed by atoms with E-state index in [1.54, 1.807) is 0 Å². The van der Waals surface area contributed by atoms with Crippen LogP contribution in [0, 0.1) is 11.8 Å². The Hall–Kier alpha value is -0.570. The summed E-state index contributed by atoms with van der Waals surface area (Å²) in [5.41, 5.74) is 0. The van der Waals surface area contributed by atoms with E-state index in [0.717, 1.165) is 32.2 Å². The van der Waals surface area contributed by atoms with Gasteiger partial charge in [-0.15, -0.1) is 0 Å². The first-order valence-corrected chi connectivity index (χ1v) is 6.00. The summed E-state index contributed by atoms with van der Waals surface area (Å²) < 4.78 is 0. The van der Waals surface area contributed by atoms with Crippen molar-refractivity contribution in [2.24, 2.45) is 11.8 Å². The van der Waals surface area contributed by atoms with Crippen LogP contribution in [0.5, 0.6) is 0 Å². The molecule has 0 fully saturated rings. The lowest BCUT2D eigenvalue weighted by atomic mass is 10.0. The zero-order chi connectivity index (χ0) is 11.7. The first kappa shape index (κ1) is 14.4. The molecular formula is C12H25NO2. The monoisotopic (exact) mass is 215 g/mol. The molecular weight excluding hydrogens is 190 g/mol. The van der Waals surface area contributed by atoms with Crippen molar-refractivity contribution in [1.82, 2.24) is 5.32 Å². The van der Waals surface area contributed by atoms with E-state index in [1.165, 1.54) is 0 Å². The second-order valence-corrected chi connectivity index (χ2v) is 4.40. The summed E-state index contributed by atoms with van der Waals surface area (Å²) in [7, 11) is 0. The Kier molecular flexibility index (Phi) is 8.38. The SMILES string of the molecule is CCC(CO)CCCCNC(=O)C(C)C. The van der Waals surface area contributed by atoms with E-state index in [1.807, 2.05) is 13.8 Å². The molecule has 1 atom stereocenters. The van der Waals surface area contributed by atoms with Crippen LogP contribution in [0.1, 0.15) is 46.5 Å². The fraction of sp³-hybridized carbons (Fsp3) is 0.917. The predicted octanol–water partition coefficient (Wildman–Crippen LogP) is 1.95. The minimum Gasteiger partial charge on any atom is -0.396 e. The molecule has 0 aromatic rings. The number of hydrogen-bond acceptors (Lipinski definition) is 2. The van der Waals surface area contributed by atoms with Gasteiger partial charge in [0.25, 0.3) is 0 Å². The Labute approximate surface area is 93.3 Å². The lowest BCUT2D eigenvalue weighted by Gasteiger charge is -2.11. The Bertz CT molecular complexity index is 165. The van der Waals surface area contributed by atoms with Crippen LogP contribution in [0.2, 0.25) is 0 Å². The van der Waals surface area contributed by atoms with Crippen molar-refractivity contribution in [2.75, 3.05) is 13.2 Å². The summed E-state index contributed by atoms with van der Waals surface area (Å²) in [6, 6.07) is 0. The summed E-state index contributed by atoms with van der Waals surface area (Å²) >= 11 is 0. The molecule has 0 radical (unpaired) electrons. The number of carbonyl (C=O) groups excluding carboxylic acids is 1. The number of unbranched alkanes of at least 4 members (excludes halogenated alkanes) is 1. The third kappa shape index (κ3) is 7.37. The van der Waals surface area contributed by atoms with E-state index in [9.17, 15) is 4.79 Å². The maximum absolute atomic E-state index is 11.2. The van der Waals surface area contributed by atoms with Gasteiger partial charge in [-0.25, -0.2) is 0 Å². The van der Waals surface area contributed by atoms with Crippen molar-refractivity contribution < 1.29 is 9.90 Å². The first-order chi connectivity index (χ1) is 7.11. The lowest BCUT2D eigenvalue weighted by Crippen LogP contribution is -2.28. The fourth-order valence-corrected chi connectivity index (χ4v) is 1.40. The van der Waals surface area contributed by atoms with Crippen molar-refractivity contribution in [1.29, 1.82) is 0 Å². The molecule has 0 rings (SSSR count). The predicted molar refractivity (Wildman–Crippen MR) is 62.6 cm³/mol. The summed E-state index contributed by atoms with van der Waals surface area (Å²) in [5, 5.41) is 11.9. The molecule has 3 nitrogen and oxygen atoms in total. The second kappa shape index (κ2) is 8.72. The van der Waals surface area contributed by atoms with Gasteiger partial charge in [-0.3, -0.25) is 4.79 Å². The normalized spacial score (nSPS) is 12.9. The quantitative estimate of drug-likeness (QED) is 0.608. The molecule has 0 spiro atoms. The third-order valence-corrected chi connectivity index (χ3v) is 2.70. The number of aliphatic hydroxyl groups is 1. The van der Waals surface area contributed by atoms with Crippen LogP contribution >= 0.6 is 0 Å². The van der Waals surface area contributed by atoms with Gasteiger partial charge in [0.1, 0.15) is 0 Å². The van der Waals surface area contributed by atoms with E-state index in [2.05, 4.69) is 12.2 Å². The highest BCUT2D eigenvalue weighted by atomic mass is 16.3. The zero-order valence-electron chi connectivity index (χ0n) is 10.3. The number of nitrogens with one attached hydrogen (secondary N) is 1. The van der Waals surface area contributed by atoms with Crippen LogP contribution in [-0.4, -0.2) is 24.2 Å². The Morgan fingerprint density at radius 1 is 1.33 bits per heavy atom. The molecule has 0 saturated carbocycles. The van der Waals surface area contributed by atoms with E-state index >= 15 is 0 Å². The van der Waals surface area contributed by atoms with Gasteiger partial charge in [-0.05, 0) is 18.8 Å². The van der Waals surface area contributed by atoms with Gasteiger partial charge in [0.05, 0.1) is 0 Å². The van der Waals surface area contributed by atoms with Crippen LogP contribution in [0.4, 0.5) is 0 Å². The molecule has 0 aliphatic rings. The van der Waals surface area contributed by atoms with Gasteiger partial charge in [-0.1, -0.05) is 33.6 Å². The van der Waals surface area contributed by atoms with Crippen molar-refractivity contribution in [3.8, 4) is 0 Å². The summed E-state index contributed by atoms with van der Waals surface area (Å²) in [5.74, 6) is 0.640. The molecule has 2 N–H and O–H groups in total. The second-order valence-electron chi connectivity index (χ2n) is 4.40. The Balaban J connectivity index is 3.35. The van der Waals surface area contributed by atoms with Gasteiger partial charge in [0.15, 0.2) is 0 Å². The molecule has 0 saturated heterocycles. The van der Waals surface area contributed by atoms with Crippen LogP contribution < -0.4 is 5.32 Å². The number of hydrogen-bond donors (Lipinski definition) is 2. The van der Waals surface area contributed by atoms with E-state index in [0.29, 0.717) is 5.92 Å². The van der Waals surface area contributed by atoms with Gasteiger partial charge >= 0.3 is 0 Å². The van der Waals surface area contributed by atoms with Crippen molar-refractivity contribution in [3.05, 3.63) is 0 Å². The molecule has 0 aliphatic heterocycles. The third-order valence-electron chi connectivity index (χ3n) is 2.70. The molecule has 15 heavy (non-hydrogen) atoms. The average molecular weight is 215 g/mol. The van der Waals surface area contributed by atoms with Crippen LogP contribution in [0.3, 0.4) is 0 Å². The highest BCUT2D eigenvalue weighted by Gasteiger charge is 2.06. The first-order valence-electron chi connectivity index (χ1n) is 6.00. The maximum atomic E-state index is 11.2. The summed E-state index contributed by atoms with van der Waals surface area (Å²) in [6.07, 6.45) is 4.19. The largest absolute Gasteiger partial charge is 0.396 e. The highest BCUT2D eigenvalue weighted by Crippen LogP contribution is 2.10. The standard InChI is InChI=1S/C12H25NO2/c1-4-11(9-14)7-5-6-8-13-12(15)10(2)3/h10-11,14H,4-9H2,1-3H3,(H,13,15). The van der Waals surface area contributed by atoms with Crippen LogP contribution in [0.25, 0.3) is 0 Å². The minimum atomic E-state index is 0.0748. The number of amides is 1. The maximum Gasteiger partial charge on any atom is 0.222 e. The van der Waals surface area contributed by atoms with E-state index in [-0.39, 0.29) is 18.4 Å². The van der Waals surface area contributed by atoms with Crippen molar-refractivity contribution >= 4 is 5.91 Å². The lowest BCUT2D eigenvalue weighted by molar-refractivity contribution is -0.123. The number of aliphatic hydroxyl groups excluding tert-OH is 1. The molecule has 3 heteroatoms. The highest BCUT2D eigenvalue weighted by molar-refractivity contribution is 5.77. The van der Waals surface area contributed by atoms with E-state index in [4.69, 9.17) is 5.11 Å². The molecule has 0 aromatic carbocycles. The van der Waals surface area contributed by atoms with E-state index < -0.39 is 0 Å². The molecule has 0 aliphatic carbocycles. The van der Waals surface area contributed by atoms with Gasteiger partial charge < -0.3 is 10.4 Å². The Morgan fingerprint density at radius 3 is 2.47 bits per heavy atom. The molecule has 1 amide bonds. The average Bonchev–Trinajstić information content (AvgIpc) is 2.23. The topological polar surface area (TPSA) is 49.3 Å². The van der Waals surface area contributed by atoms with Crippen molar-refractivity contribution in [3.63, 3.8) is 0 Å². The molecule has 0 heterocycles. The Morgan fingerprint density at radius 2 is 2.00 bits per heavy atom. The smallest absolute Gasteiger partial charge is 0.222 e. The van der Waals surface area contributed by atoms with Gasteiger partial charge in [-0.2, -0.15) is 0 Å². The minimum absolute atomic E-state index is 0.0748. The van der Waals surface area contributed by atoms with Gasteiger partial charge in [0.2, 0.25) is 5.91 Å². The summed E-state index contributed by atoms with van der Waals surface area (Å²) in [6.45, 7) is 6.94. The van der Waals surface area contributed by atoms with Crippen LogP contribution in [-0.2, 0) is 4.79 Å². The summed E-state index contributed by atoms with van der Waals surface area (Å²) in [4.78, 5) is 11.2. The number of carbonyl (C=O) groups is 1. The molecule has 1 unspecified atom stereocenters. The van der Waals surface area contributed by atoms with Crippen LogP contribution in [0.15, 0.2) is 0 Å². The molecule has 0 bridgehead atoms. The molecule has 0 aromatic heterocycles.